The van der Waals surface area contributed by atoms with Crippen LogP contribution in [0.2, 0.25) is 0 Å². The predicted octanol–water partition coefficient (Wildman–Crippen LogP) is 1.20. The highest BCUT2D eigenvalue weighted by Crippen LogP contribution is 2.47. The van der Waals surface area contributed by atoms with E-state index in [-0.39, 0.29) is 11.7 Å². The van der Waals surface area contributed by atoms with Crippen LogP contribution < -0.4 is 5.73 Å². The SMILES string of the molecule is CC1CC(C(=O)N(C)Cc2ccccn2)(/C(N)=N/O)C1. The molecule has 6 heteroatoms. The average Bonchev–Trinajstić information content (AvgIpc) is 2.43. The van der Waals surface area contributed by atoms with Crippen LogP contribution in [0.5, 0.6) is 0 Å². The van der Waals surface area contributed by atoms with Crippen LogP contribution in [0.3, 0.4) is 0 Å². The van der Waals surface area contributed by atoms with E-state index in [4.69, 9.17) is 10.9 Å². The Morgan fingerprint density at radius 3 is 2.80 bits per heavy atom. The van der Waals surface area contributed by atoms with E-state index >= 15 is 0 Å². The van der Waals surface area contributed by atoms with Gasteiger partial charge in [-0.05, 0) is 30.9 Å². The first-order valence-corrected chi connectivity index (χ1v) is 6.63. The number of aromatic nitrogens is 1. The first-order valence-electron chi connectivity index (χ1n) is 6.63. The minimum atomic E-state index is -0.850. The van der Waals surface area contributed by atoms with E-state index in [0.29, 0.717) is 25.3 Å². The molecular formula is C14H20N4O2. The highest BCUT2D eigenvalue weighted by Gasteiger charge is 2.53. The third-order valence-corrected chi connectivity index (χ3v) is 3.87. The molecule has 1 saturated carbocycles. The molecule has 0 bridgehead atoms. The van der Waals surface area contributed by atoms with Gasteiger partial charge in [-0.15, -0.1) is 0 Å². The molecule has 1 aromatic heterocycles. The second kappa shape index (κ2) is 5.48. The van der Waals surface area contributed by atoms with Gasteiger partial charge in [-0.3, -0.25) is 9.78 Å². The molecule has 0 spiro atoms. The second-order valence-corrected chi connectivity index (χ2v) is 5.56. The zero-order valence-electron chi connectivity index (χ0n) is 11.8. The van der Waals surface area contributed by atoms with Gasteiger partial charge in [0.25, 0.3) is 0 Å². The van der Waals surface area contributed by atoms with E-state index in [2.05, 4.69) is 17.1 Å². The topological polar surface area (TPSA) is 91.8 Å². The molecule has 0 atom stereocenters. The fourth-order valence-electron chi connectivity index (χ4n) is 2.89. The summed E-state index contributed by atoms with van der Waals surface area (Å²) in [6, 6.07) is 5.57. The van der Waals surface area contributed by atoms with Gasteiger partial charge in [0.2, 0.25) is 5.91 Å². The Labute approximate surface area is 118 Å². The molecular weight excluding hydrogens is 256 g/mol. The zero-order chi connectivity index (χ0) is 14.8. The van der Waals surface area contributed by atoms with Crippen LogP contribution >= 0.6 is 0 Å². The molecule has 6 nitrogen and oxygen atoms in total. The highest BCUT2D eigenvalue weighted by molar-refractivity contribution is 6.07. The third-order valence-electron chi connectivity index (χ3n) is 3.87. The van der Waals surface area contributed by atoms with Crippen molar-refractivity contribution in [2.45, 2.75) is 26.3 Å². The number of hydrogen-bond donors (Lipinski definition) is 2. The lowest BCUT2D eigenvalue weighted by molar-refractivity contribution is -0.143. The van der Waals surface area contributed by atoms with Crippen molar-refractivity contribution in [2.75, 3.05) is 7.05 Å². The largest absolute Gasteiger partial charge is 0.409 e. The fourth-order valence-corrected chi connectivity index (χ4v) is 2.89. The molecule has 0 saturated heterocycles. The Balaban J connectivity index is 2.13. The van der Waals surface area contributed by atoms with Crippen LogP contribution in [0.25, 0.3) is 0 Å². The average molecular weight is 276 g/mol. The quantitative estimate of drug-likeness (QED) is 0.374. The minimum Gasteiger partial charge on any atom is -0.409 e. The maximum absolute atomic E-state index is 12.6. The van der Waals surface area contributed by atoms with Crippen LogP contribution in [0.1, 0.15) is 25.5 Å². The van der Waals surface area contributed by atoms with Gasteiger partial charge in [-0.25, -0.2) is 0 Å². The zero-order valence-corrected chi connectivity index (χ0v) is 11.8. The molecule has 1 heterocycles. The van der Waals surface area contributed by atoms with Crippen molar-refractivity contribution < 1.29 is 10.0 Å². The molecule has 1 fully saturated rings. The lowest BCUT2D eigenvalue weighted by Gasteiger charge is -2.45. The maximum Gasteiger partial charge on any atom is 0.236 e. The molecule has 3 N–H and O–H groups in total. The van der Waals surface area contributed by atoms with E-state index in [1.165, 1.54) is 0 Å². The summed E-state index contributed by atoms with van der Waals surface area (Å²) < 4.78 is 0. The van der Waals surface area contributed by atoms with Gasteiger partial charge in [-0.2, -0.15) is 0 Å². The number of rotatable bonds is 4. The van der Waals surface area contributed by atoms with Crippen LogP contribution in [-0.2, 0) is 11.3 Å². The molecule has 1 aliphatic carbocycles. The van der Waals surface area contributed by atoms with Crippen molar-refractivity contribution in [1.82, 2.24) is 9.88 Å². The number of nitrogens with zero attached hydrogens (tertiary/aromatic N) is 3. The van der Waals surface area contributed by atoms with Gasteiger partial charge in [0, 0.05) is 13.2 Å². The van der Waals surface area contributed by atoms with E-state index in [1.807, 2.05) is 18.2 Å². The van der Waals surface area contributed by atoms with Gasteiger partial charge < -0.3 is 15.8 Å². The van der Waals surface area contributed by atoms with Gasteiger partial charge in [0.15, 0.2) is 5.84 Å². The summed E-state index contributed by atoms with van der Waals surface area (Å²) in [6.07, 6.45) is 2.93. The number of pyridine rings is 1. The summed E-state index contributed by atoms with van der Waals surface area (Å²) in [7, 11) is 1.71. The van der Waals surface area contributed by atoms with Crippen molar-refractivity contribution in [1.29, 1.82) is 0 Å². The first kappa shape index (κ1) is 14.3. The minimum absolute atomic E-state index is 0.00784. The fraction of sp³-hybridized carbons (Fsp3) is 0.500. The summed E-state index contributed by atoms with van der Waals surface area (Å²) in [4.78, 5) is 18.4. The molecule has 0 aromatic carbocycles. The summed E-state index contributed by atoms with van der Waals surface area (Å²) in [5, 5.41) is 12.0. The predicted molar refractivity (Wildman–Crippen MR) is 75.0 cm³/mol. The number of oxime groups is 1. The Morgan fingerprint density at radius 2 is 2.30 bits per heavy atom. The third kappa shape index (κ3) is 2.45. The number of amidine groups is 1. The maximum atomic E-state index is 12.6. The highest BCUT2D eigenvalue weighted by atomic mass is 16.4. The monoisotopic (exact) mass is 276 g/mol. The van der Waals surface area contributed by atoms with Crippen LogP contribution in [0, 0.1) is 11.3 Å². The van der Waals surface area contributed by atoms with E-state index in [9.17, 15) is 4.79 Å². The Kier molecular flexibility index (Phi) is 3.92. The molecule has 1 aliphatic rings. The van der Waals surface area contributed by atoms with Crippen LogP contribution in [0.15, 0.2) is 29.6 Å². The smallest absolute Gasteiger partial charge is 0.236 e. The van der Waals surface area contributed by atoms with Crippen LogP contribution in [-0.4, -0.2) is 33.9 Å². The molecule has 1 amide bonds. The molecule has 0 radical (unpaired) electrons. The van der Waals surface area contributed by atoms with Gasteiger partial charge in [0.05, 0.1) is 12.2 Å². The van der Waals surface area contributed by atoms with Crippen molar-refractivity contribution in [2.24, 2.45) is 22.2 Å². The van der Waals surface area contributed by atoms with Gasteiger partial charge in [-0.1, -0.05) is 18.1 Å². The van der Waals surface area contributed by atoms with Gasteiger partial charge in [0.1, 0.15) is 5.41 Å². The summed E-state index contributed by atoms with van der Waals surface area (Å²) >= 11 is 0. The van der Waals surface area contributed by atoms with E-state index in [0.717, 1.165) is 5.69 Å². The second-order valence-electron chi connectivity index (χ2n) is 5.56. The van der Waals surface area contributed by atoms with E-state index in [1.54, 1.807) is 18.1 Å². The first-order chi connectivity index (χ1) is 9.49. The lowest BCUT2D eigenvalue weighted by atomic mass is 9.61. The molecule has 0 aliphatic heterocycles. The summed E-state index contributed by atoms with van der Waals surface area (Å²) in [6.45, 7) is 2.46. The normalized spacial score (nSPS) is 25.9. The Morgan fingerprint density at radius 1 is 1.60 bits per heavy atom. The number of carbonyl (C=O) groups excluding carboxylic acids is 1. The Hall–Kier alpha value is -2.11. The van der Waals surface area contributed by atoms with Gasteiger partial charge >= 0.3 is 0 Å². The van der Waals surface area contributed by atoms with Crippen molar-refractivity contribution in [3.05, 3.63) is 30.1 Å². The van der Waals surface area contributed by atoms with E-state index < -0.39 is 5.41 Å². The standard InChI is InChI=1S/C14H20N4O2/c1-10-7-14(8-10,12(15)17-20)13(19)18(2)9-11-5-3-4-6-16-11/h3-6,10,20H,7-9H2,1-2H3,(H2,15,17). The van der Waals surface area contributed by atoms with Crippen molar-refractivity contribution in [3.63, 3.8) is 0 Å². The lowest BCUT2D eigenvalue weighted by Crippen LogP contribution is -2.56. The molecule has 20 heavy (non-hydrogen) atoms. The molecule has 1 aromatic rings. The molecule has 0 unspecified atom stereocenters. The molecule has 108 valence electrons. The number of hydrogen-bond acceptors (Lipinski definition) is 4. The van der Waals surface area contributed by atoms with Crippen LogP contribution in [0.4, 0.5) is 0 Å². The number of nitrogens with two attached hydrogens (primary N) is 1. The number of amides is 1. The summed E-state index contributed by atoms with van der Waals surface area (Å²) in [5.74, 6) is 0.299. The summed E-state index contributed by atoms with van der Waals surface area (Å²) in [5.41, 5.74) is 5.71. The van der Waals surface area contributed by atoms with Crippen molar-refractivity contribution in [3.8, 4) is 0 Å². The molecule has 2 rings (SSSR count). The Bertz CT molecular complexity index is 509. The van der Waals surface area contributed by atoms with Crippen molar-refractivity contribution >= 4 is 11.7 Å². The number of carbonyl (C=O) groups is 1.